The van der Waals surface area contributed by atoms with Crippen LogP contribution in [0.2, 0.25) is 0 Å². The summed E-state index contributed by atoms with van der Waals surface area (Å²) >= 11 is 0. The standard InChI is InChI=1S/C26H25N7O3/c1-4-31(2)21-12-23(36-3)20(11-22(21)33(34)35)29-26-28-14-17(13-27)24(30-26)19-15-32-10-6-8-16-7-5-9-18(19)25(16)32/h5,7,9,11-12,14-15H,4,6,8,10H2,1-3H3,(H,28,29,30). The summed E-state index contributed by atoms with van der Waals surface area (Å²) in [7, 11) is 3.28. The number of anilines is 3. The maximum atomic E-state index is 11.8. The average molecular weight is 484 g/mol. The van der Waals surface area contributed by atoms with Gasteiger partial charge in [-0.15, -0.1) is 0 Å². The number of ether oxygens (including phenoxy) is 1. The van der Waals surface area contributed by atoms with Gasteiger partial charge in [0, 0.05) is 49.4 Å². The number of rotatable bonds is 7. The second-order valence-corrected chi connectivity index (χ2v) is 8.66. The van der Waals surface area contributed by atoms with Crippen LogP contribution in [0.15, 0.2) is 42.7 Å². The fourth-order valence-corrected chi connectivity index (χ4v) is 4.74. The molecule has 0 bridgehead atoms. The molecule has 10 heteroatoms. The van der Waals surface area contributed by atoms with E-state index in [1.165, 1.54) is 30.5 Å². The fraction of sp³-hybridized carbons (Fsp3) is 0.269. The average Bonchev–Trinajstić information content (AvgIpc) is 3.28. The van der Waals surface area contributed by atoms with E-state index >= 15 is 0 Å². The van der Waals surface area contributed by atoms with E-state index in [1.807, 2.05) is 25.3 Å². The van der Waals surface area contributed by atoms with Gasteiger partial charge >= 0.3 is 0 Å². The van der Waals surface area contributed by atoms with Crippen molar-refractivity contribution < 1.29 is 9.66 Å². The molecule has 0 amide bonds. The number of aryl methyl sites for hydroxylation is 2. The highest BCUT2D eigenvalue weighted by molar-refractivity contribution is 5.98. The Labute approximate surface area is 207 Å². The molecule has 0 spiro atoms. The van der Waals surface area contributed by atoms with Crippen molar-refractivity contribution in [2.24, 2.45) is 0 Å². The summed E-state index contributed by atoms with van der Waals surface area (Å²) < 4.78 is 7.74. The van der Waals surface area contributed by atoms with Crippen molar-refractivity contribution in [3.63, 3.8) is 0 Å². The Hall–Kier alpha value is -4.65. The second kappa shape index (κ2) is 9.19. The number of hydrogen-bond donors (Lipinski definition) is 1. The lowest BCUT2D eigenvalue weighted by atomic mass is 10.0. The quantitative estimate of drug-likeness (QED) is 0.287. The van der Waals surface area contributed by atoms with E-state index in [0.29, 0.717) is 34.9 Å². The van der Waals surface area contributed by atoms with Crippen molar-refractivity contribution in [2.45, 2.75) is 26.3 Å². The number of nitro groups is 1. The van der Waals surface area contributed by atoms with E-state index in [0.717, 1.165) is 30.3 Å². The number of nitriles is 1. The van der Waals surface area contributed by atoms with Gasteiger partial charge in [0.25, 0.3) is 5.69 Å². The first kappa shape index (κ1) is 23.1. The largest absolute Gasteiger partial charge is 0.494 e. The molecule has 5 rings (SSSR count). The highest BCUT2D eigenvalue weighted by Gasteiger charge is 2.23. The summed E-state index contributed by atoms with van der Waals surface area (Å²) in [5.41, 5.74) is 4.90. The minimum atomic E-state index is -0.426. The first-order valence-corrected chi connectivity index (χ1v) is 11.7. The van der Waals surface area contributed by atoms with Gasteiger partial charge < -0.3 is 19.5 Å². The number of nitrogens with one attached hydrogen (secondary N) is 1. The van der Waals surface area contributed by atoms with Gasteiger partial charge in [-0.1, -0.05) is 18.2 Å². The monoisotopic (exact) mass is 483 g/mol. The summed E-state index contributed by atoms with van der Waals surface area (Å²) in [6.07, 6.45) is 5.59. The predicted molar refractivity (Wildman–Crippen MR) is 138 cm³/mol. The van der Waals surface area contributed by atoms with Crippen molar-refractivity contribution in [1.29, 1.82) is 5.26 Å². The van der Waals surface area contributed by atoms with Gasteiger partial charge in [0.05, 0.1) is 40.7 Å². The zero-order valence-electron chi connectivity index (χ0n) is 20.3. The zero-order valence-corrected chi connectivity index (χ0v) is 20.3. The van der Waals surface area contributed by atoms with Crippen molar-refractivity contribution >= 4 is 33.9 Å². The van der Waals surface area contributed by atoms with E-state index in [4.69, 9.17) is 4.74 Å². The Morgan fingerprint density at radius 1 is 1.36 bits per heavy atom. The Bertz CT molecular complexity index is 1540. The SMILES string of the molecule is CCN(C)c1cc(OC)c(Nc2ncc(C#N)c(-c3cn4c5c(cccc35)CCC4)n2)cc1[N+](=O)[O-]. The van der Waals surface area contributed by atoms with Gasteiger partial charge in [-0.2, -0.15) is 5.26 Å². The van der Waals surface area contributed by atoms with Crippen LogP contribution < -0.4 is 15.0 Å². The summed E-state index contributed by atoms with van der Waals surface area (Å²) in [4.78, 5) is 22.1. The van der Waals surface area contributed by atoms with Crippen LogP contribution in [0.4, 0.5) is 23.0 Å². The molecule has 182 valence electrons. The van der Waals surface area contributed by atoms with E-state index in [1.54, 1.807) is 18.0 Å². The molecular weight excluding hydrogens is 458 g/mol. The molecule has 0 aliphatic carbocycles. The molecule has 0 unspecified atom stereocenters. The van der Waals surface area contributed by atoms with Crippen LogP contribution in [0.5, 0.6) is 5.75 Å². The Balaban J connectivity index is 1.61. The van der Waals surface area contributed by atoms with E-state index in [9.17, 15) is 15.4 Å². The maximum absolute atomic E-state index is 11.8. The molecule has 1 N–H and O–H groups in total. The third-order valence-corrected chi connectivity index (χ3v) is 6.62. The number of methoxy groups -OCH3 is 1. The highest BCUT2D eigenvalue weighted by atomic mass is 16.6. The van der Waals surface area contributed by atoms with Gasteiger partial charge in [0.2, 0.25) is 5.95 Å². The minimum Gasteiger partial charge on any atom is -0.494 e. The van der Waals surface area contributed by atoms with Crippen molar-refractivity contribution in [3.05, 3.63) is 64.0 Å². The lowest BCUT2D eigenvalue weighted by molar-refractivity contribution is -0.384. The molecular formula is C26H25N7O3. The number of benzene rings is 2. The number of hydrogen-bond acceptors (Lipinski definition) is 8. The molecule has 1 aliphatic rings. The molecule has 0 radical (unpaired) electrons. The summed E-state index contributed by atoms with van der Waals surface area (Å²) in [6.45, 7) is 3.41. The first-order valence-electron chi connectivity index (χ1n) is 11.7. The zero-order chi connectivity index (χ0) is 25.4. The summed E-state index contributed by atoms with van der Waals surface area (Å²) in [5, 5.41) is 25.7. The molecule has 0 saturated carbocycles. The van der Waals surface area contributed by atoms with Gasteiger partial charge in [-0.05, 0) is 25.3 Å². The molecule has 0 fully saturated rings. The lowest BCUT2D eigenvalue weighted by Crippen LogP contribution is -2.17. The molecule has 1 aliphatic heterocycles. The van der Waals surface area contributed by atoms with Crippen molar-refractivity contribution in [2.75, 3.05) is 30.9 Å². The molecule has 2 aromatic heterocycles. The minimum absolute atomic E-state index is 0.0643. The third-order valence-electron chi connectivity index (χ3n) is 6.62. The molecule has 36 heavy (non-hydrogen) atoms. The van der Waals surface area contributed by atoms with Gasteiger partial charge in [-0.25, -0.2) is 9.97 Å². The molecule has 2 aromatic carbocycles. The highest BCUT2D eigenvalue weighted by Crippen LogP contribution is 2.40. The second-order valence-electron chi connectivity index (χ2n) is 8.66. The van der Waals surface area contributed by atoms with Gasteiger partial charge in [-0.3, -0.25) is 10.1 Å². The van der Waals surface area contributed by atoms with Crippen molar-refractivity contribution in [3.8, 4) is 23.1 Å². The van der Waals surface area contributed by atoms with Crippen molar-refractivity contribution in [1.82, 2.24) is 14.5 Å². The van der Waals surface area contributed by atoms with Crippen LogP contribution >= 0.6 is 0 Å². The first-order chi connectivity index (χ1) is 17.4. The fourth-order valence-electron chi connectivity index (χ4n) is 4.74. The lowest BCUT2D eigenvalue weighted by Gasteiger charge is -2.19. The van der Waals surface area contributed by atoms with Crippen LogP contribution in [0, 0.1) is 21.4 Å². The normalized spacial score (nSPS) is 12.3. The third kappa shape index (κ3) is 3.84. The Morgan fingerprint density at radius 3 is 2.92 bits per heavy atom. The maximum Gasteiger partial charge on any atom is 0.294 e. The molecule has 4 aromatic rings. The molecule has 3 heterocycles. The van der Waals surface area contributed by atoms with E-state index in [-0.39, 0.29) is 11.6 Å². The molecule has 0 saturated heterocycles. The molecule has 10 nitrogen and oxygen atoms in total. The topological polar surface area (TPSA) is 122 Å². The number of nitrogens with zero attached hydrogens (tertiary/aromatic N) is 6. The summed E-state index contributed by atoms with van der Waals surface area (Å²) in [5.74, 6) is 0.623. The van der Waals surface area contributed by atoms with E-state index in [2.05, 4.69) is 32.0 Å². The number of para-hydroxylation sites is 1. The van der Waals surface area contributed by atoms with Gasteiger partial charge in [0.15, 0.2) is 0 Å². The number of aromatic nitrogens is 3. The van der Waals surface area contributed by atoms with Gasteiger partial charge in [0.1, 0.15) is 17.5 Å². The summed E-state index contributed by atoms with van der Waals surface area (Å²) in [6, 6.07) is 11.5. The van der Waals surface area contributed by atoms with Crippen LogP contribution in [-0.2, 0) is 13.0 Å². The van der Waals surface area contributed by atoms with Crippen LogP contribution in [0.25, 0.3) is 22.2 Å². The van der Waals surface area contributed by atoms with E-state index < -0.39 is 4.92 Å². The number of nitro benzene ring substituents is 1. The Kier molecular flexibility index (Phi) is 5.90. The predicted octanol–water partition coefficient (Wildman–Crippen LogP) is 5.03. The smallest absolute Gasteiger partial charge is 0.294 e. The van der Waals surface area contributed by atoms with Crippen LogP contribution in [-0.4, -0.2) is 40.2 Å². The van der Waals surface area contributed by atoms with Crippen LogP contribution in [0.1, 0.15) is 24.5 Å². The molecule has 0 atom stereocenters. The Morgan fingerprint density at radius 2 is 2.19 bits per heavy atom. The van der Waals surface area contributed by atoms with Crippen LogP contribution in [0.3, 0.4) is 0 Å².